The first kappa shape index (κ1) is 12.3. The number of esters is 1. The van der Waals surface area contributed by atoms with Gasteiger partial charge in [0.1, 0.15) is 5.41 Å². The second kappa shape index (κ2) is 4.63. The molecule has 0 N–H and O–H groups in total. The number of fused-ring (bicyclic) bond motifs is 2. The smallest absolute Gasteiger partial charge is 0.319 e. The molecule has 2 atom stereocenters. The molecule has 94 valence electrons. The molecule has 3 heteroatoms. The van der Waals surface area contributed by atoms with Crippen molar-refractivity contribution in [2.75, 3.05) is 6.61 Å². The lowest BCUT2D eigenvalue weighted by Crippen LogP contribution is -2.46. The summed E-state index contributed by atoms with van der Waals surface area (Å²) in [6.45, 7) is 6.14. The number of rotatable bonds is 2. The van der Waals surface area contributed by atoms with Gasteiger partial charge in [0.2, 0.25) is 0 Å². The summed E-state index contributed by atoms with van der Waals surface area (Å²) in [6.07, 6.45) is 4.83. The SMILES string of the molecule is C=C1CCC[C@@]2(C(=O)OCC)CCC[C@@H]1C2=O. The Morgan fingerprint density at radius 2 is 2.18 bits per heavy atom. The summed E-state index contributed by atoms with van der Waals surface area (Å²) >= 11 is 0. The Morgan fingerprint density at radius 1 is 1.47 bits per heavy atom. The molecule has 0 aromatic rings. The van der Waals surface area contributed by atoms with Crippen molar-refractivity contribution >= 4 is 11.8 Å². The molecule has 2 saturated carbocycles. The van der Waals surface area contributed by atoms with Crippen LogP contribution in [0.4, 0.5) is 0 Å². The van der Waals surface area contributed by atoms with E-state index < -0.39 is 5.41 Å². The van der Waals surface area contributed by atoms with Crippen molar-refractivity contribution in [2.45, 2.75) is 45.4 Å². The minimum atomic E-state index is -0.849. The quantitative estimate of drug-likeness (QED) is 0.420. The molecule has 0 unspecified atom stereocenters. The molecule has 2 fully saturated rings. The first-order valence-electron chi connectivity index (χ1n) is 6.51. The third kappa shape index (κ3) is 1.92. The van der Waals surface area contributed by atoms with E-state index in [4.69, 9.17) is 4.74 Å². The number of hydrogen-bond donors (Lipinski definition) is 0. The standard InChI is InChI=1S/C14H20O3/c1-3-17-13(16)14-8-4-6-10(2)11(12(14)15)7-5-9-14/h11H,2-9H2,1H3/t11-,14+/m0/s1. The fraction of sp³-hybridized carbons (Fsp3) is 0.714. The van der Waals surface area contributed by atoms with Gasteiger partial charge in [-0.3, -0.25) is 9.59 Å². The minimum absolute atomic E-state index is 0.0738. The van der Waals surface area contributed by atoms with Crippen molar-refractivity contribution in [3.8, 4) is 0 Å². The highest BCUT2D eigenvalue weighted by atomic mass is 16.5. The van der Waals surface area contributed by atoms with Crippen molar-refractivity contribution in [3.05, 3.63) is 12.2 Å². The first-order valence-corrected chi connectivity index (χ1v) is 6.51. The lowest BCUT2D eigenvalue weighted by atomic mass is 9.67. The van der Waals surface area contributed by atoms with E-state index >= 15 is 0 Å². The van der Waals surface area contributed by atoms with Gasteiger partial charge in [0.15, 0.2) is 5.78 Å². The largest absolute Gasteiger partial charge is 0.465 e. The van der Waals surface area contributed by atoms with Crippen molar-refractivity contribution in [3.63, 3.8) is 0 Å². The van der Waals surface area contributed by atoms with Gasteiger partial charge >= 0.3 is 5.97 Å². The normalized spacial score (nSPS) is 33.1. The van der Waals surface area contributed by atoms with Crippen molar-refractivity contribution < 1.29 is 14.3 Å². The second-order valence-electron chi connectivity index (χ2n) is 5.12. The van der Waals surface area contributed by atoms with Crippen molar-refractivity contribution in [2.24, 2.45) is 11.3 Å². The van der Waals surface area contributed by atoms with Crippen molar-refractivity contribution in [1.29, 1.82) is 0 Å². The molecule has 17 heavy (non-hydrogen) atoms. The van der Waals surface area contributed by atoms with E-state index in [2.05, 4.69) is 6.58 Å². The molecule has 0 amide bonds. The monoisotopic (exact) mass is 236 g/mol. The van der Waals surface area contributed by atoms with Gasteiger partial charge < -0.3 is 4.74 Å². The Hall–Kier alpha value is -1.12. The number of carbonyl (C=O) groups is 2. The van der Waals surface area contributed by atoms with Gasteiger partial charge in [-0.1, -0.05) is 18.6 Å². The summed E-state index contributed by atoms with van der Waals surface area (Å²) < 4.78 is 5.13. The lowest BCUT2D eigenvalue weighted by molar-refractivity contribution is -0.163. The molecule has 0 aliphatic heterocycles. The predicted molar refractivity (Wildman–Crippen MR) is 64.4 cm³/mol. The summed E-state index contributed by atoms with van der Waals surface area (Å²) in [6, 6.07) is 0. The van der Waals surface area contributed by atoms with E-state index in [1.807, 2.05) is 0 Å². The maximum Gasteiger partial charge on any atom is 0.319 e. The summed E-state index contributed by atoms with van der Waals surface area (Å²) in [5.74, 6) is -0.329. The van der Waals surface area contributed by atoms with Crippen LogP contribution in [0.15, 0.2) is 12.2 Å². The fourth-order valence-corrected chi connectivity index (χ4v) is 3.20. The summed E-state index contributed by atoms with van der Waals surface area (Å²) in [5, 5.41) is 0. The van der Waals surface area contributed by atoms with Gasteiger partial charge in [0.05, 0.1) is 6.61 Å². The van der Waals surface area contributed by atoms with Crippen LogP contribution in [0.5, 0.6) is 0 Å². The molecule has 0 aromatic carbocycles. The number of ether oxygens (including phenoxy) is 1. The molecule has 0 spiro atoms. The highest BCUT2D eigenvalue weighted by Crippen LogP contribution is 2.46. The Balaban J connectivity index is 2.33. The molecule has 0 heterocycles. The molecule has 2 aliphatic carbocycles. The van der Waals surface area contributed by atoms with Crippen LogP contribution in [0, 0.1) is 11.3 Å². The van der Waals surface area contributed by atoms with Gasteiger partial charge in [-0.25, -0.2) is 0 Å². The van der Waals surface area contributed by atoms with Gasteiger partial charge in [-0.2, -0.15) is 0 Å². The Morgan fingerprint density at radius 3 is 2.88 bits per heavy atom. The van der Waals surface area contributed by atoms with Gasteiger partial charge in [-0.15, -0.1) is 0 Å². The first-order chi connectivity index (χ1) is 8.12. The zero-order valence-electron chi connectivity index (χ0n) is 10.5. The van der Waals surface area contributed by atoms with E-state index in [1.165, 1.54) is 0 Å². The van der Waals surface area contributed by atoms with Crippen LogP contribution < -0.4 is 0 Å². The average Bonchev–Trinajstić information content (AvgIpc) is 2.38. The Bertz CT molecular complexity index is 358. The Kier molecular flexibility index (Phi) is 3.36. The van der Waals surface area contributed by atoms with Crippen LogP contribution in [0.1, 0.15) is 45.4 Å². The van der Waals surface area contributed by atoms with Gasteiger partial charge in [0, 0.05) is 5.92 Å². The Labute approximate surface area is 102 Å². The van der Waals surface area contributed by atoms with E-state index in [0.717, 1.165) is 31.3 Å². The molecule has 2 bridgehead atoms. The molecule has 0 radical (unpaired) electrons. The maximum absolute atomic E-state index is 12.5. The van der Waals surface area contributed by atoms with E-state index in [9.17, 15) is 9.59 Å². The molecule has 2 rings (SSSR count). The lowest BCUT2D eigenvalue weighted by Gasteiger charge is -2.35. The summed E-state index contributed by atoms with van der Waals surface area (Å²) in [7, 11) is 0. The van der Waals surface area contributed by atoms with Crippen LogP contribution in [0.3, 0.4) is 0 Å². The minimum Gasteiger partial charge on any atom is -0.465 e. The highest BCUT2D eigenvalue weighted by molar-refractivity contribution is 6.06. The van der Waals surface area contributed by atoms with Crippen molar-refractivity contribution in [1.82, 2.24) is 0 Å². The van der Waals surface area contributed by atoms with Crippen LogP contribution in [-0.4, -0.2) is 18.4 Å². The third-order valence-corrected chi connectivity index (χ3v) is 4.14. The van der Waals surface area contributed by atoms with E-state index in [1.54, 1.807) is 6.92 Å². The van der Waals surface area contributed by atoms with Crippen LogP contribution >= 0.6 is 0 Å². The fourth-order valence-electron chi connectivity index (χ4n) is 3.20. The summed E-state index contributed by atoms with van der Waals surface area (Å²) in [5.41, 5.74) is 0.166. The van der Waals surface area contributed by atoms with Crippen LogP contribution in [-0.2, 0) is 14.3 Å². The molecule has 0 aromatic heterocycles. The zero-order chi connectivity index (χ0) is 12.5. The number of ketones is 1. The average molecular weight is 236 g/mol. The second-order valence-corrected chi connectivity index (χ2v) is 5.12. The van der Waals surface area contributed by atoms with E-state index in [0.29, 0.717) is 19.4 Å². The number of allylic oxidation sites excluding steroid dienone is 1. The highest BCUT2D eigenvalue weighted by Gasteiger charge is 2.52. The molecular weight excluding hydrogens is 216 g/mol. The molecular formula is C14H20O3. The number of carbonyl (C=O) groups excluding carboxylic acids is 2. The van der Waals surface area contributed by atoms with E-state index in [-0.39, 0.29) is 17.7 Å². The predicted octanol–water partition coefficient (Wildman–Crippen LogP) is 2.65. The van der Waals surface area contributed by atoms with Crippen LogP contribution in [0.25, 0.3) is 0 Å². The molecule has 3 nitrogen and oxygen atoms in total. The maximum atomic E-state index is 12.5. The third-order valence-electron chi connectivity index (χ3n) is 4.14. The molecule has 2 aliphatic rings. The molecule has 0 saturated heterocycles. The van der Waals surface area contributed by atoms with Crippen LogP contribution in [0.2, 0.25) is 0 Å². The van der Waals surface area contributed by atoms with Gasteiger partial charge in [0.25, 0.3) is 0 Å². The summed E-state index contributed by atoms with van der Waals surface area (Å²) in [4.78, 5) is 24.6. The number of Topliss-reactive ketones (excluding diaryl/α,β-unsaturated/α-hetero) is 1. The topological polar surface area (TPSA) is 43.4 Å². The zero-order valence-corrected chi connectivity index (χ0v) is 10.5. The number of hydrogen-bond acceptors (Lipinski definition) is 3. The van der Waals surface area contributed by atoms with Gasteiger partial charge in [-0.05, 0) is 39.0 Å².